The quantitative estimate of drug-likeness (QED) is 0.763. The van der Waals surface area contributed by atoms with Crippen molar-refractivity contribution in [2.75, 3.05) is 20.8 Å². The standard InChI is InChI=1S/C14H13ClO4S/c1-17-10-4-3-5-11(18-2)14(10)19-8-9(16)12-6-7-13(15)20-12/h3-7H,8H2,1-2H3. The van der Waals surface area contributed by atoms with E-state index in [1.165, 1.54) is 25.6 Å². The molecular weight excluding hydrogens is 300 g/mol. The van der Waals surface area contributed by atoms with Gasteiger partial charge < -0.3 is 14.2 Å². The van der Waals surface area contributed by atoms with Crippen LogP contribution in [-0.4, -0.2) is 26.6 Å². The Labute approximate surface area is 125 Å². The van der Waals surface area contributed by atoms with Crippen LogP contribution in [0.4, 0.5) is 0 Å². The van der Waals surface area contributed by atoms with Gasteiger partial charge in [-0.3, -0.25) is 4.79 Å². The molecule has 2 rings (SSSR count). The summed E-state index contributed by atoms with van der Waals surface area (Å²) in [7, 11) is 3.06. The van der Waals surface area contributed by atoms with Gasteiger partial charge >= 0.3 is 0 Å². The second kappa shape index (κ2) is 6.63. The second-order valence-electron chi connectivity index (χ2n) is 3.81. The predicted molar refractivity (Wildman–Crippen MR) is 78.7 cm³/mol. The second-order valence-corrected chi connectivity index (χ2v) is 5.52. The average Bonchev–Trinajstić information content (AvgIpc) is 2.90. The number of para-hydroxylation sites is 1. The van der Waals surface area contributed by atoms with Crippen molar-refractivity contribution >= 4 is 28.7 Å². The number of ketones is 1. The van der Waals surface area contributed by atoms with Gasteiger partial charge in [-0.05, 0) is 24.3 Å². The molecular formula is C14H13ClO4S. The first-order valence-corrected chi connectivity index (χ1v) is 6.97. The van der Waals surface area contributed by atoms with Gasteiger partial charge in [0.1, 0.15) is 0 Å². The lowest BCUT2D eigenvalue weighted by Crippen LogP contribution is -2.11. The fourth-order valence-electron chi connectivity index (χ4n) is 1.63. The van der Waals surface area contributed by atoms with Gasteiger partial charge in [0, 0.05) is 0 Å². The number of halogens is 1. The molecule has 0 aliphatic carbocycles. The highest BCUT2D eigenvalue weighted by molar-refractivity contribution is 7.18. The number of ether oxygens (including phenoxy) is 3. The third kappa shape index (κ3) is 3.23. The van der Waals surface area contributed by atoms with Crippen LogP contribution in [0.5, 0.6) is 17.2 Å². The van der Waals surface area contributed by atoms with Gasteiger partial charge in [0.2, 0.25) is 11.5 Å². The summed E-state index contributed by atoms with van der Waals surface area (Å²) in [5, 5.41) is 0. The molecule has 0 aliphatic rings. The summed E-state index contributed by atoms with van der Waals surface area (Å²) in [5.41, 5.74) is 0. The first-order valence-electron chi connectivity index (χ1n) is 5.78. The molecule has 0 aliphatic heterocycles. The largest absolute Gasteiger partial charge is 0.493 e. The number of carbonyl (C=O) groups excluding carboxylic acids is 1. The Morgan fingerprint density at radius 3 is 2.30 bits per heavy atom. The van der Waals surface area contributed by atoms with Crippen LogP contribution in [0.1, 0.15) is 9.67 Å². The lowest BCUT2D eigenvalue weighted by molar-refractivity contribution is 0.0921. The van der Waals surface area contributed by atoms with Crippen molar-refractivity contribution in [1.29, 1.82) is 0 Å². The van der Waals surface area contributed by atoms with E-state index in [0.717, 1.165) is 0 Å². The van der Waals surface area contributed by atoms with Gasteiger partial charge in [0.05, 0.1) is 23.4 Å². The first kappa shape index (κ1) is 14.7. The van der Waals surface area contributed by atoms with E-state index in [0.29, 0.717) is 26.5 Å². The van der Waals surface area contributed by atoms with Crippen molar-refractivity contribution in [3.05, 3.63) is 39.5 Å². The molecule has 0 spiro atoms. The highest BCUT2D eigenvalue weighted by Gasteiger charge is 2.15. The topological polar surface area (TPSA) is 44.8 Å². The van der Waals surface area contributed by atoms with Gasteiger partial charge in [-0.25, -0.2) is 0 Å². The van der Waals surface area contributed by atoms with Crippen molar-refractivity contribution in [1.82, 2.24) is 0 Å². The molecule has 106 valence electrons. The summed E-state index contributed by atoms with van der Waals surface area (Å²) in [4.78, 5) is 12.5. The van der Waals surface area contributed by atoms with Crippen LogP contribution >= 0.6 is 22.9 Å². The van der Waals surface area contributed by atoms with E-state index in [-0.39, 0.29) is 12.4 Å². The molecule has 2 aromatic rings. The Morgan fingerprint density at radius 1 is 1.15 bits per heavy atom. The molecule has 0 bridgehead atoms. The zero-order valence-electron chi connectivity index (χ0n) is 11.0. The van der Waals surface area contributed by atoms with E-state index in [1.807, 2.05) is 0 Å². The molecule has 1 aromatic carbocycles. The Kier molecular flexibility index (Phi) is 4.87. The lowest BCUT2D eigenvalue weighted by atomic mass is 10.3. The molecule has 0 saturated heterocycles. The van der Waals surface area contributed by atoms with Crippen LogP contribution in [0.25, 0.3) is 0 Å². The van der Waals surface area contributed by atoms with Crippen LogP contribution < -0.4 is 14.2 Å². The molecule has 6 heteroatoms. The maximum atomic E-state index is 12.0. The first-order chi connectivity index (χ1) is 9.65. The van der Waals surface area contributed by atoms with Crippen molar-refractivity contribution in [3.63, 3.8) is 0 Å². The summed E-state index contributed by atoms with van der Waals surface area (Å²) < 4.78 is 16.5. The fourth-order valence-corrected chi connectivity index (χ4v) is 2.60. The summed E-state index contributed by atoms with van der Waals surface area (Å²) in [6.07, 6.45) is 0. The molecule has 1 heterocycles. The van der Waals surface area contributed by atoms with Gasteiger partial charge in [-0.1, -0.05) is 17.7 Å². The Hall–Kier alpha value is -1.72. The number of benzene rings is 1. The molecule has 0 amide bonds. The fraction of sp³-hybridized carbons (Fsp3) is 0.214. The van der Waals surface area contributed by atoms with Crippen LogP contribution in [0.2, 0.25) is 4.34 Å². The molecule has 20 heavy (non-hydrogen) atoms. The molecule has 0 N–H and O–H groups in total. The minimum atomic E-state index is -0.144. The molecule has 0 atom stereocenters. The van der Waals surface area contributed by atoms with Gasteiger partial charge in [-0.15, -0.1) is 11.3 Å². The summed E-state index contributed by atoms with van der Waals surface area (Å²) in [6, 6.07) is 8.63. The Morgan fingerprint density at radius 2 is 1.80 bits per heavy atom. The van der Waals surface area contributed by atoms with Crippen LogP contribution in [0.15, 0.2) is 30.3 Å². The number of hydrogen-bond acceptors (Lipinski definition) is 5. The number of methoxy groups -OCH3 is 2. The van der Waals surface area contributed by atoms with Crippen molar-refractivity contribution in [2.45, 2.75) is 0 Å². The van der Waals surface area contributed by atoms with Gasteiger partial charge in [-0.2, -0.15) is 0 Å². The summed E-state index contributed by atoms with van der Waals surface area (Å²) in [5.74, 6) is 1.30. The monoisotopic (exact) mass is 312 g/mol. The third-order valence-corrected chi connectivity index (χ3v) is 3.85. The molecule has 0 fully saturated rings. The Bertz CT molecular complexity index is 587. The number of Topliss-reactive ketones (excluding diaryl/α,β-unsaturated/α-hetero) is 1. The van der Waals surface area contributed by atoms with E-state index >= 15 is 0 Å². The van der Waals surface area contributed by atoms with E-state index in [2.05, 4.69) is 0 Å². The Balaban J connectivity index is 2.12. The highest BCUT2D eigenvalue weighted by Crippen LogP contribution is 2.36. The van der Waals surface area contributed by atoms with Crippen molar-refractivity contribution in [2.24, 2.45) is 0 Å². The maximum absolute atomic E-state index is 12.0. The van der Waals surface area contributed by atoms with E-state index in [1.54, 1.807) is 30.3 Å². The SMILES string of the molecule is COc1cccc(OC)c1OCC(=O)c1ccc(Cl)s1. The van der Waals surface area contributed by atoms with Gasteiger partial charge in [0.25, 0.3) is 0 Å². The van der Waals surface area contributed by atoms with Crippen LogP contribution in [-0.2, 0) is 0 Å². The number of rotatable bonds is 6. The maximum Gasteiger partial charge on any atom is 0.210 e. The summed E-state index contributed by atoms with van der Waals surface area (Å²) >= 11 is 7.03. The van der Waals surface area contributed by atoms with E-state index in [9.17, 15) is 4.79 Å². The molecule has 1 aromatic heterocycles. The smallest absolute Gasteiger partial charge is 0.210 e. The molecule has 0 saturated carbocycles. The van der Waals surface area contributed by atoms with E-state index in [4.69, 9.17) is 25.8 Å². The van der Waals surface area contributed by atoms with E-state index < -0.39 is 0 Å². The molecule has 0 unspecified atom stereocenters. The van der Waals surface area contributed by atoms with Crippen molar-refractivity contribution < 1.29 is 19.0 Å². The zero-order chi connectivity index (χ0) is 14.5. The zero-order valence-corrected chi connectivity index (χ0v) is 12.6. The minimum Gasteiger partial charge on any atom is -0.493 e. The highest BCUT2D eigenvalue weighted by atomic mass is 35.5. The normalized spacial score (nSPS) is 10.2. The molecule has 0 radical (unpaired) electrons. The molecule has 4 nitrogen and oxygen atoms in total. The predicted octanol–water partition coefficient (Wildman–Crippen LogP) is 3.68. The van der Waals surface area contributed by atoms with Crippen LogP contribution in [0.3, 0.4) is 0 Å². The van der Waals surface area contributed by atoms with Gasteiger partial charge in [0.15, 0.2) is 18.1 Å². The number of hydrogen-bond donors (Lipinski definition) is 0. The average molecular weight is 313 g/mol. The summed E-state index contributed by atoms with van der Waals surface area (Å²) in [6.45, 7) is -0.104. The third-order valence-electron chi connectivity index (χ3n) is 2.58. The van der Waals surface area contributed by atoms with Crippen LogP contribution in [0, 0.1) is 0 Å². The minimum absolute atomic E-state index is 0.104. The number of thiophene rings is 1. The number of carbonyl (C=O) groups is 1. The van der Waals surface area contributed by atoms with Crippen molar-refractivity contribution in [3.8, 4) is 17.2 Å². The lowest BCUT2D eigenvalue weighted by Gasteiger charge is -2.13.